The highest BCUT2D eigenvalue weighted by Gasteiger charge is 2.62. The summed E-state index contributed by atoms with van der Waals surface area (Å²) in [5.74, 6) is -1.77. The molecule has 4 rings (SSSR count). The highest BCUT2D eigenvalue weighted by molar-refractivity contribution is 6.35. The summed E-state index contributed by atoms with van der Waals surface area (Å²) in [6.45, 7) is 5.42. The molecule has 3 aromatic rings. The summed E-state index contributed by atoms with van der Waals surface area (Å²) in [7, 11) is 0. The Morgan fingerprint density at radius 1 is 1.15 bits per heavy atom. The first-order chi connectivity index (χ1) is 18.1. The number of primary amides is 1. The van der Waals surface area contributed by atoms with Crippen LogP contribution in [-0.4, -0.2) is 29.6 Å². The summed E-state index contributed by atoms with van der Waals surface area (Å²) in [6.07, 6.45) is -4.23. The molecule has 0 saturated heterocycles. The SMILES string of the molecule is CC(C)(C)ON=CCc1cc(C2=NOC(c3cc(Cl)c(F)c(Cl)c3)(C(F)(F)F)C2)c2ccccc2c1C(N)=O. The fraction of sp³-hybridized carbons (Fsp3) is 0.296. The number of nitrogens with zero attached hydrogens (tertiary/aromatic N) is 2. The molecular weight excluding hydrogens is 561 g/mol. The van der Waals surface area contributed by atoms with E-state index < -0.39 is 51.1 Å². The van der Waals surface area contributed by atoms with Gasteiger partial charge in [0.05, 0.1) is 21.3 Å². The summed E-state index contributed by atoms with van der Waals surface area (Å²) >= 11 is 11.6. The van der Waals surface area contributed by atoms with Crippen LogP contribution < -0.4 is 5.73 Å². The highest BCUT2D eigenvalue weighted by Crippen LogP contribution is 2.50. The van der Waals surface area contributed by atoms with Gasteiger partial charge in [-0.15, -0.1) is 0 Å². The van der Waals surface area contributed by atoms with Crippen LogP contribution in [0.4, 0.5) is 17.6 Å². The molecule has 0 fully saturated rings. The molecule has 1 aliphatic rings. The predicted octanol–water partition coefficient (Wildman–Crippen LogP) is 7.31. The number of nitrogens with two attached hydrogens (primary N) is 1. The number of rotatable bonds is 6. The van der Waals surface area contributed by atoms with Crippen LogP contribution in [-0.2, 0) is 21.7 Å². The third kappa shape index (κ3) is 5.53. The topological polar surface area (TPSA) is 86.3 Å². The van der Waals surface area contributed by atoms with Crippen LogP contribution in [0, 0.1) is 5.82 Å². The number of hydrogen-bond donors (Lipinski definition) is 1. The van der Waals surface area contributed by atoms with Gasteiger partial charge in [-0.25, -0.2) is 4.39 Å². The van der Waals surface area contributed by atoms with E-state index in [0.29, 0.717) is 21.9 Å². The number of benzene rings is 3. The lowest BCUT2D eigenvalue weighted by Gasteiger charge is -2.30. The number of carbonyl (C=O) groups is 1. The molecule has 3 aromatic carbocycles. The molecular formula is C27H23Cl2F4N3O3. The fourth-order valence-corrected chi connectivity index (χ4v) is 4.78. The van der Waals surface area contributed by atoms with Gasteiger partial charge in [0.1, 0.15) is 5.60 Å². The second-order valence-corrected chi connectivity index (χ2v) is 10.8. The van der Waals surface area contributed by atoms with Crippen LogP contribution in [0.3, 0.4) is 0 Å². The maximum absolute atomic E-state index is 14.5. The molecule has 1 aliphatic heterocycles. The van der Waals surface area contributed by atoms with E-state index in [2.05, 4.69) is 10.3 Å². The minimum atomic E-state index is -4.98. The van der Waals surface area contributed by atoms with E-state index in [1.165, 1.54) is 12.3 Å². The van der Waals surface area contributed by atoms with E-state index in [4.69, 9.17) is 38.6 Å². The van der Waals surface area contributed by atoms with Crippen molar-refractivity contribution in [3.05, 3.63) is 80.6 Å². The van der Waals surface area contributed by atoms with Gasteiger partial charge >= 0.3 is 6.18 Å². The number of halogens is 6. The van der Waals surface area contributed by atoms with Gasteiger partial charge in [0, 0.05) is 30.2 Å². The molecule has 0 radical (unpaired) electrons. The minimum Gasteiger partial charge on any atom is -0.390 e. The van der Waals surface area contributed by atoms with Crippen LogP contribution in [0.15, 0.2) is 52.8 Å². The van der Waals surface area contributed by atoms with Gasteiger partial charge in [0.15, 0.2) is 5.82 Å². The largest absolute Gasteiger partial charge is 0.435 e. The molecule has 0 bridgehead atoms. The van der Waals surface area contributed by atoms with Crippen LogP contribution in [0.25, 0.3) is 10.8 Å². The van der Waals surface area contributed by atoms with Gasteiger partial charge in [0.25, 0.3) is 5.60 Å². The molecule has 206 valence electrons. The van der Waals surface area contributed by atoms with Crippen LogP contribution in [0.1, 0.15) is 54.2 Å². The van der Waals surface area contributed by atoms with E-state index in [9.17, 15) is 22.4 Å². The van der Waals surface area contributed by atoms with Gasteiger partial charge in [-0.2, -0.15) is 13.2 Å². The van der Waals surface area contributed by atoms with Crippen molar-refractivity contribution in [3.63, 3.8) is 0 Å². The zero-order valence-electron chi connectivity index (χ0n) is 21.0. The Balaban J connectivity index is 1.84. The highest BCUT2D eigenvalue weighted by atomic mass is 35.5. The molecule has 1 amide bonds. The number of alkyl halides is 3. The van der Waals surface area contributed by atoms with Crippen molar-refractivity contribution < 1.29 is 32.0 Å². The van der Waals surface area contributed by atoms with E-state index >= 15 is 0 Å². The van der Waals surface area contributed by atoms with Crippen molar-refractivity contribution in [1.82, 2.24) is 0 Å². The first-order valence-corrected chi connectivity index (χ1v) is 12.4. The van der Waals surface area contributed by atoms with E-state index in [1.807, 2.05) is 0 Å². The quantitative estimate of drug-likeness (QED) is 0.143. The summed E-state index contributed by atoms with van der Waals surface area (Å²) < 4.78 is 57.7. The Morgan fingerprint density at radius 2 is 1.77 bits per heavy atom. The van der Waals surface area contributed by atoms with Crippen molar-refractivity contribution in [1.29, 1.82) is 0 Å². The Bertz CT molecular complexity index is 1490. The molecule has 1 atom stereocenters. The van der Waals surface area contributed by atoms with Crippen molar-refractivity contribution in [2.45, 2.75) is 51.0 Å². The van der Waals surface area contributed by atoms with E-state index in [0.717, 1.165) is 12.1 Å². The van der Waals surface area contributed by atoms with Crippen LogP contribution in [0.2, 0.25) is 10.0 Å². The molecule has 0 saturated carbocycles. The van der Waals surface area contributed by atoms with Gasteiger partial charge in [-0.1, -0.05) is 57.8 Å². The molecule has 6 nitrogen and oxygen atoms in total. The lowest BCUT2D eigenvalue weighted by Crippen LogP contribution is -2.42. The van der Waals surface area contributed by atoms with E-state index in [1.54, 1.807) is 45.0 Å². The molecule has 0 aromatic heterocycles. The standard InChI is InChI=1S/C27H23Cl2F4N3O3/c1-25(2,3)38-35-9-8-14-10-18(16-6-4-5-7-17(16)22(14)24(34)37)21-13-26(39-36-21,27(31,32)33)15-11-19(28)23(30)20(29)12-15/h4-7,9-12H,8,13H2,1-3H3,(H2,34,37). The third-order valence-corrected chi connectivity index (χ3v) is 6.58. The molecule has 1 unspecified atom stereocenters. The molecule has 39 heavy (non-hydrogen) atoms. The average molecular weight is 584 g/mol. The lowest BCUT2D eigenvalue weighted by atomic mass is 9.84. The number of fused-ring (bicyclic) bond motifs is 1. The monoisotopic (exact) mass is 583 g/mol. The zero-order valence-corrected chi connectivity index (χ0v) is 22.5. The number of oxime groups is 2. The minimum absolute atomic E-state index is 0.0553. The normalized spacial score (nSPS) is 17.9. The number of carbonyl (C=O) groups excluding carboxylic acids is 1. The average Bonchev–Trinajstić information content (AvgIpc) is 3.30. The molecule has 0 aliphatic carbocycles. The number of hydrogen-bond acceptors (Lipinski definition) is 5. The molecule has 12 heteroatoms. The summed E-state index contributed by atoms with van der Waals surface area (Å²) in [4.78, 5) is 22.9. The van der Waals surface area contributed by atoms with Gasteiger partial charge < -0.3 is 15.4 Å². The molecule has 1 heterocycles. The maximum atomic E-state index is 14.5. The van der Waals surface area contributed by atoms with Crippen molar-refractivity contribution in [2.24, 2.45) is 16.0 Å². The third-order valence-electron chi connectivity index (χ3n) is 6.03. The van der Waals surface area contributed by atoms with Crippen molar-refractivity contribution in [3.8, 4) is 0 Å². The van der Waals surface area contributed by atoms with Gasteiger partial charge in [0.2, 0.25) is 5.91 Å². The first kappa shape index (κ1) is 28.6. The maximum Gasteiger partial charge on any atom is 0.435 e. The number of amides is 1. The molecule has 0 spiro atoms. The zero-order chi connectivity index (χ0) is 28.8. The first-order valence-electron chi connectivity index (χ1n) is 11.7. The second-order valence-electron chi connectivity index (χ2n) is 9.95. The van der Waals surface area contributed by atoms with E-state index in [-0.39, 0.29) is 17.7 Å². The Hall–Kier alpha value is -3.37. The predicted molar refractivity (Wildman–Crippen MR) is 142 cm³/mol. The van der Waals surface area contributed by atoms with Gasteiger partial charge in [-0.05, 0) is 55.3 Å². The lowest BCUT2D eigenvalue weighted by molar-refractivity contribution is -0.275. The second kappa shape index (κ2) is 10.3. The Labute approximate surface area is 231 Å². The van der Waals surface area contributed by atoms with Crippen molar-refractivity contribution >= 4 is 51.8 Å². The Morgan fingerprint density at radius 3 is 2.33 bits per heavy atom. The summed E-state index contributed by atoms with van der Waals surface area (Å²) in [6, 6.07) is 9.79. The summed E-state index contributed by atoms with van der Waals surface area (Å²) in [5, 5.41) is 7.43. The fourth-order valence-electron chi connectivity index (χ4n) is 4.29. The Kier molecular flexibility index (Phi) is 7.57. The van der Waals surface area contributed by atoms with Crippen LogP contribution in [0.5, 0.6) is 0 Å². The molecule has 2 N–H and O–H groups in total. The van der Waals surface area contributed by atoms with Crippen molar-refractivity contribution in [2.75, 3.05) is 0 Å². The smallest absolute Gasteiger partial charge is 0.390 e. The summed E-state index contributed by atoms with van der Waals surface area (Å²) in [5.41, 5.74) is 2.49. The van der Waals surface area contributed by atoms with Crippen LogP contribution >= 0.6 is 23.2 Å². The van der Waals surface area contributed by atoms with Gasteiger partial charge in [-0.3, -0.25) is 4.79 Å².